The van der Waals surface area contributed by atoms with Crippen molar-refractivity contribution in [3.63, 3.8) is 0 Å². The minimum atomic E-state index is -3.51. The maximum Gasteiger partial charge on any atom is 0.256 e. The molecule has 4 nitrogen and oxygen atoms in total. The fraction of sp³-hybridized carbons (Fsp3) is 0.385. The van der Waals surface area contributed by atoms with Crippen molar-refractivity contribution in [2.24, 2.45) is 0 Å². The van der Waals surface area contributed by atoms with Crippen molar-refractivity contribution in [3.05, 3.63) is 33.8 Å². The second-order valence-electron chi connectivity index (χ2n) is 4.43. The molecule has 0 aliphatic carbocycles. The van der Waals surface area contributed by atoms with Gasteiger partial charge in [-0.1, -0.05) is 6.07 Å². The van der Waals surface area contributed by atoms with E-state index in [1.54, 1.807) is 29.8 Å². The molecule has 0 bridgehead atoms. The quantitative estimate of drug-likeness (QED) is 0.817. The van der Waals surface area contributed by atoms with Crippen molar-refractivity contribution in [1.82, 2.24) is 4.31 Å². The molecule has 0 saturated heterocycles. The van der Waals surface area contributed by atoms with Crippen LogP contribution in [0.3, 0.4) is 0 Å². The number of rotatable bonds is 6. The molecule has 0 aliphatic rings. The normalized spacial score (nSPS) is 13.6. The van der Waals surface area contributed by atoms with Crippen molar-refractivity contribution in [1.29, 1.82) is 0 Å². The Morgan fingerprint density at radius 3 is 2.65 bits per heavy atom. The van der Waals surface area contributed by atoms with Gasteiger partial charge in [-0.25, -0.2) is 8.42 Å². The highest BCUT2D eigenvalue weighted by atomic mass is 32.2. The van der Waals surface area contributed by atoms with Gasteiger partial charge in [0.1, 0.15) is 5.75 Å². The van der Waals surface area contributed by atoms with Crippen LogP contribution in [0.1, 0.15) is 11.8 Å². The number of ether oxygens (including phenoxy) is 1. The summed E-state index contributed by atoms with van der Waals surface area (Å²) in [5, 5.41) is 3.72. The highest BCUT2D eigenvalue weighted by Crippen LogP contribution is 2.32. The zero-order chi connectivity index (χ0) is 14.8. The van der Waals surface area contributed by atoms with Crippen LogP contribution in [0.25, 0.3) is 0 Å². The molecule has 0 aliphatic heterocycles. The molecule has 0 amide bonds. The van der Waals surface area contributed by atoms with Gasteiger partial charge >= 0.3 is 0 Å². The van der Waals surface area contributed by atoms with Crippen LogP contribution in [0.15, 0.2) is 33.2 Å². The summed E-state index contributed by atoms with van der Waals surface area (Å²) in [5.74, 6) is 0.408. The molecule has 110 valence electrons. The molecule has 0 N–H and O–H groups in total. The first-order valence-electron chi connectivity index (χ1n) is 6.08. The summed E-state index contributed by atoms with van der Waals surface area (Å²) in [6.45, 7) is 1.91. The Balaban J connectivity index is 2.20. The van der Waals surface area contributed by atoms with Crippen LogP contribution in [0, 0.1) is 0 Å². The third-order valence-corrected chi connectivity index (χ3v) is 7.42. The van der Waals surface area contributed by atoms with Gasteiger partial charge in [0.15, 0.2) is 4.21 Å². The molecule has 2 aromatic rings. The van der Waals surface area contributed by atoms with Crippen molar-refractivity contribution in [2.45, 2.75) is 23.6 Å². The van der Waals surface area contributed by atoms with Crippen LogP contribution in [0.4, 0.5) is 0 Å². The Labute approximate surface area is 127 Å². The molecule has 7 heteroatoms. The predicted octanol–water partition coefficient (Wildman–Crippen LogP) is 3.07. The standard InChI is InChI=1S/C13H17NO3S3/c1-10(9-11-5-4-7-18-11)14(2)20(15,16)13-12(17-3)6-8-19-13/h4-8,10H,9H2,1-3H3/t10-/m1/s1. The van der Waals surface area contributed by atoms with E-state index in [0.29, 0.717) is 12.2 Å². The summed E-state index contributed by atoms with van der Waals surface area (Å²) in [6.07, 6.45) is 0.709. The second-order valence-corrected chi connectivity index (χ2v) is 8.57. The molecule has 0 unspecified atom stereocenters. The molecule has 0 fully saturated rings. The predicted molar refractivity (Wildman–Crippen MR) is 83.3 cm³/mol. The summed E-state index contributed by atoms with van der Waals surface area (Å²) in [5.41, 5.74) is 0. The highest BCUT2D eigenvalue weighted by Gasteiger charge is 2.29. The van der Waals surface area contributed by atoms with E-state index >= 15 is 0 Å². The fourth-order valence-electron chi connectivity index (χ4n) is 1.84. The lowest BCUT2D eigenvalue weighted by Gasteiger charge is -2.23. The summed E-state index contributed by atoms with van der Waals surface area (Å²) in [4.78, 5) is 1.18. The summed E-state index contributed by atoms with van der Waals surface area (Å²) < 4.78 is 32.0. The lowest BCUT2D eigenvalue weighted by Crippen LogP contribution is -2.36. The molecule has 0 spiro atoms. The van der Waals surface area contributed by atoms with Gasteiger partial charge in [-0.05, 0) is 36.2 Å². The van der Waals surface area contributed by atoms with Crippen LogP contribution in [-0.2, 0) is 16.4 Å². The summed E-state index contributed by atoms with van der Waals surface area (Å²) in [7, 11) is -0.409. The third kappa shape index (κ3) is 3.06. The second kappa shape index (κ2) is 6.26. The van der Waals surface area contributed by atoms with E-state index in [1.165, 1.54) is 27.6 Å². The number of nitrogens with zero attached hydrogens (tertiary/aromatic N) is 1. The van der Waals surface area contributed by atoms with Gasteiger partial charge < -0.3 is 4.74 Å². The zero-order valence-corrected chi connectivity index (χ0v) is 14.0. The SMILES string of the molecule is COc1ccsc1S(=O)(=O)N(C)[C@H](C)Cc1cccs1. The van der Waals surface area contributed by atoms with E-state index in [0.717, 1.165) is 0 Å². The van der Waals surface area contributed by atoms with Gasteiger partial charge in [0.2, 0.25) is 0 Å². The van der Waals surface area contributed by atoms with Gasteiger partial charge in [-0.2, -0.15) is 4.31 Å². The average Bonchev–Trinajstić information content (AvgIpc) is 3.08. The Hall–Kier alpha value is -0.890. The maximum atomic E-state index is 12.6. The van der Waals surface area contributed by atoms with Crippen molar-refractivity contribution in [3.8, 4) is 5.75 Å². The number of thiophene rings is 2. The topological polar surface area (TPSA) is 46.6 Å². The lowest BCUT2D eigenvalue weighted by atomic mass is 10.2. The Morgan fingerprint density at radius 1 is 1.30 bits per heavy atom. The maximum absolute atomic E-state index is 12.6. The first-order valence-corrected chi connectivity index (χ1v) is 9.28. The van der Waals surface area contributed by atoms with Crippen LogP contribution < -0.4 is 4.74 Å². The summed E-state index contributed by atoms with van der Waals surface area (Å²) in [6, 6.07) is 5.57. The van der Waals surface area contributed by atoms with Crippen LogP contribution in [-0.4, -0.2) is 32.9 Å². The van der Waals surface area contributed by atoms with Gasteiger partial charge in [0.25, 0.3) is 10.0 Å². The molecule has 0 saturated carbocycles. The molecule has 2 heterocycles. The number of hydrogen-bond acceptors (Lipinski definition) is 5. The molecule has 1 atom stereocenters. The Kier molecular flexibility index (Phi) is 4.85. The molecule has 2 aromatic heterocycles. The minimum absolute atomic E-state index is 0.106. The monoisotopic (exact) mass is 331 g/mol. The van der Waals surface area contributed by atoms with E-state index in [1.807, 2.05) is 24.4 Å². The molecular formula is C13H17NO3S3. The molecule has 0 radical (unpaired) electrons. The first-order chi connectivity index (χ1) is 9.46. The lowest BCUT2D eigenvalue weighted by molar-refractivity contribution is 0.379. The van der Waals surface area contributed by atoms with Gasteiger partial charge in [0, 0.05) is 18.0 Å². The number of hydrogen-bond donors (Lipinski definition) is 0. The van der Waals surface area contributed by atoms with E-state index in [9.17, 15) is 8.42 Å². The van der Waals surface area contributed by atoms with E-state index in [2.05, 4.69) is 0 Å². The third-order valence-electron chi connectivity index (χ3n) is 3.13. The largest absolute Gasteiger partial charge is 0.494 e. The van der Waals surface area contributed by atoms with E-state index in [4.69, 9.17) is 4.74 Å². The zero-order valence-electron chi connectivity index (χ0n) is 11.6. The van der Waals surface area contributed by atoms with Crippen LogP contribution in [0.2, 0.25) is 0 Å². The van der Waals surface area contributed by atoms with Gasteiger partial charge in [-0.15, -0.1) is 22.7 Å². The van der Waals surface area contributed by atoms with Crippen molar-refractivity contribution >= 4 is 32.7 Å². The highest BCUT2D eigenvalue weighted by molar-refractivity contribution is 7.91. The van der Waals surface area contributed by atoms with Crippen molar-refractivity contribution < 1.29 is 13.2 Å². The van der Waals surface area contributed by atoms with Gasteiger partial charge in [0.05, 0.1) is 7.11 Å². The Bertz CT molecular complexity index is 646. The molecule has 0 aromatic carbocycles. The number of methoxy groups -OCH3 is 1. The van der Waals surface area contributed by atoms with Crippen LogP contribution in [0.5, 0.6) is 5.75 Å². The summed E-state index contributed by atoms with van der Waals surface area (Å²) >= 11 is 2.82. The Morgan fingerprint density at radius 2 is 2.05 bits per heavy atom. The van der Waals surface area contributed by atoms with E-state index < -0.39 is 10.0 Å². The number of sulfonamides is 1. The van der Waals surface area contributed by atoms with Crippen molar-refractivity contribution in [2.75, 3.05) is 14.2 Å². The average molecular weight is 331 g/mol. The molecule has 20 heavy (non-hydrogen) atoms. The molecule has 2 rings (SSSR count). The number of likely N-dealkylation sites (N-methyl/N-ethyl adjacent to an activating group) is 1. The molecular weight excluding hydrogens is 314 g/mol. The smallest absolute Gasteiger partial charge is 0.256 e. The van der Waals surface area contributed by atoms with Crippen LogP contribution >= 0.6 is 22.7 Å². The van der Waals surface area contributed by atoms with Gasteiger partial charge in [-0.3, -0.25) is 0 Å². The van der Waals surface area contributed by atoms with E-state index in [-0.39, 0.29) is 10.3 Å². The first kappa shape index (κ1) is 15.5. The minimum Gasteiger partial charge on any atom is -0.494 e. The fourth-order valence-corrected chi connectivity index (χ4v) is 5.47.